The van der Waals surface area contributed by atoms with Crippen LogP contribution in [0.5, 0.6) is 0 Å². The van der Waals surface area contributed by atoms with Gasteiger partial charge in [0, 0.05) is 49.9 Å². The van der Waals surface area contributed by atoms with Gasteiger partial charge in [-0.25, -0.2) is 0 Å². The van der Waals surface area contributed by atoms with E-state index in [1.165, 1.54) is 0 Å². The molecule has 2 heterocycles. The first-order valence-corrected chi connectivity index (χ1v) is 10.4. The molecule has 0 N–H and O–H groups in total. The fourth-order valence-electron chi connectivity index (χ4n) is 4.71. The smallest absolute Gasteiger partial charge is 0.253 e. The highest BCUT2D eigenvalue weighted by atomic mass is 16.2. The number of piperazine rings is 2. The molecule has 2 aliphatic heterocycles. The third-order valence-corrected chi connectivity index (χ3v) is 6.13. The summed E-state index contributed by atoms with van der Waals surface area (Å²) in [6.07, 6.45) is 0.434. The minimum atomic E-state index is -0.109. The molecule has 152 valence electrons. The maximum atomic E-state index is 13.0. The summed E-state index contributed by atoms with van der Waals surface area (Å²) in [5.74, 6) is 0.242. The summed E-state index contributed by atoms with van der Waals surface area (Å²) in [5.41, 5.74) is 1.66. The van der Waals surface area contributed by atoms with Crippen LogP contribution in [0.3, 0.4) is 0 Å². The van der Waals surface area contributed by atoms with E-state index in [-0.39, 0.29) is 23.4 Å². The van der Waals surface area contributed by atoms with Gasteiger partial charge in [0.15, 0.2) is 0 Å². The lowest BCUT2D eigenvalue weighted by Crippen LogP contribution is -2.70. The van der Waals surface area contributed by atoms with Crippen molar-refractivity contribution in [2.45, 2.75) is 31.8 Å². The van der Waals surface area contributed by atoms with Crippen molar-refractivity contribution in [3.63, 3.8) is 0 Å². The van der Waals surface area contributed by atoms with E-state index in [4.69, 9.17) is 0 Å². The summed E-state index contributed by atoms with van der Waals surface area (Å²) in [7, 11) is 0. The standard InChI is InChI=1S/C24H29N3O2/c1-24(2)18-26(23(29)20-11-7-4-8-12-20)17-21-16-25(13-14-27(21)24)22(28)15-19-9-5-3-6-10-19/h3-12,21H,13-18H2,1-2H3. The zero-order valence-electron chi connectivity index (χ0n) is 17.3. The molecule has 0 spiro atoms. The first-order chi connectivity index (χ1) is 13.9. The number of amides is 2. The van der Waals surface area contributed by atoms with Crippen LogP contribution in [-0.2, 0) is 11.2 Å². The Morgan fingerprint density at radius 1 is 0.897 bits per heavy atom. The summed E-state index contributed by atoms with van der Waals surface area (Å²) in [4.78, 5) is 32.3. The molecule has 2 amide bonds. The van der Waals surface area contributed by atoms with Crippen molar-refractivity contribution in [3.05, 3.63) is 71.8 Å². The molecule has 2 aliphatic rings. The van der Waals surface area contributed by atoms with Crippen molar-refractivity contribution in [2.24, 2.45) is 0 Å². The molecule has 2 aromatic rings. The van der Waals surface area contributed by atoms with Gasteiger partial charge >= 0.3 is 0 Å². The molecule has 2 fully saturated rings. The van der Waals surface area contributed by atoms with Gasteiger partial charge in [-0.1, -0.05) is 48.5 Å². The number of nitrogens with zero attached hydrogens (tertiary/aromatic N) is 3. The van der Waals surface area contributed by atoms with E-state index < -0.39 is 0 Å². The average molecular weight is 392 g/mol. The second-order valence-electron chi connectivity index (χ2n) is 8.71. The van der Waals surface area contributed by atoms with E-state index >= 15 is 0 Å². The lowest BCUT2D eigenvalue weighted by molar-refractivity contribution is -0.137. The third-order valence-electron chi connectivity index (χ3n) is 6.13. The lowest BCUT2D eigenvalue weighted by Gasteiger charge is -2.55. The Morgan fingerprint density at radius 2 is 1.52 bits per heavy atom. The Hall–Kier alpha value is -2.66. The van der Waals surface area contributed by atoms with Gasteiger partial charge in [-0.15, -0.1) is 0 Å². The van der Waals surface area contributed by atoms with Gasteiger partial charge in [-0.3, -0.25) is 14.5 Å². The van der Waals surface area contributed by atoms with E-state index in [1.54, 1.807) is 0 Å². The summed E-state index contributed by atoms with van der Waals surface area (Å²) < 4.78 is 0. The van der Waals surface area contributed by atoms with Gasteiger partial charge in [0.25, 0.3) is 5.91 Å². The summed E-state index contributed by atoms with van der Waals surface area (Å²) in [6.45, 7) is 8.04. The Morgan fingerprint density at radius 3 is 2.21 bits per heavy atom. The highest BCUT2D eigenvalue weighted by molar-refractivity contribution is 5.94. The maximum Gasteiger partial charge on any atom is 0.253 e. The van der Waals surface area contributed by atoms with E-state index in [9.17, 15) is 9.59 Å². The molecule has 5 heteroatoms. The van der Waals surface area contributed by atoms with Crippen LogP contribution in [0.2, 0.25) is 0 Å². The van der Waals surface area contributed by atoms with Gasteiger partial charge in [-0.2, -0.15) is 0 Å². The minimum Gasteiger partial charge on any atom is -0.339 e. The Kier molecular flexibility index (Phi) is 5.41. The zero-order valence-corrected chi connectivity index (χ0v) is 17.3. The van der Waals surface area contributed by atoms with Crippen molar-refractivity contribution in [3.8, 4) is 0 Å². The number of carbonyl (C=O) groups excluding carboxylic acids is 2. The van der Waals surface area contributed by atoms with Crippen molar-refractivity contribution < 1.29 is 9.59 Å². The average Bonchev–Trinajstić information content (AvgIpc) is 2.73. The quantitative estimate of drug-likeness (QED) is 0.808. The first-order valence-electron chi connectivity index (χ1n) is 10.4. The van der Waals surface area contributed by atoms with Gasteiger partial charge in [-0.05, 0) is 31.5 Å². The number of hydrogen-bond donors (Lipinski definition) is 0. The van der Waals surface area contributed by atoms with Gasteiger partial charge in [0.2, 0.25) is 5.91 Å². The lowest BCUT2D eigenvalue weighted by atomic mass is 9.92. The van der Waals surface area contributed by atoms with E-state index in [0.29, 0.717) is 26.1 Å². The highest BCUT2D eigenvalue weighted by Crippen LogP contribution is 2.29. The molecule has 1 atom stereocenters. The maximum absolute atomic E-state index is 13.0. The number of hydrogen-bond acceptors (Lipinski definition) is 3. The summed E-state index contributed by atoms with van der Waals surface area (Å²) in [5, 5.41) is 0. The molecule has 0 radical (unpaired) electrons. The molecule has 5 nitrogen and oxygen atoms in total. The number of benzene rings is 2. The van der Waals surface area contributed by atoms with Crippen molar-refractivity contribution >= 4 is 11.8 Å². The molecule has 1 unspecified atom stereocenters. The molecule has 29 heavy (non-hydrogen) atoms. The van der Waals surface area contributed by atoms with Crippen LogP contribution in [-0.4, -0.2) is 70.8 Å². The fourth-order valence-corrected chi connectivity index (χ4v) is 4.71. The monoisotopic (exact) mass is 391 g/mol. The van der Waals surface area contributed by atoms with Gasteiger partial charge in [0.05, 0.1) is 6.42 Å². The SMILES string of the molecule is CC1(C)CN(C(=O)c2ccccc2)CC2CN(C(=O)Cc3ccccc3)CCN21. The topological polar surface area (TPSA) is 43.9 Å². The number of rotatable bonds is 3. The molecule has 0 bridgehead atoms. The second-order valence-corrected chi connectivity index (χ2v) is 8.71. The predicted octanol–water partition coefficient (Wildman–Crippen LogP) is 2.68. The van der Waals surface area contributed by atoms with E-state index in [1.807, 2.05) is 70.5 Å². The van der Waals surface area contributed by atoms with Crippen LogP contribution in [0.25, 0.3) is 0 Å². The van der Waals surface area contributed by atoms with Crippen molar-refractivity contribution in [1.82, 2.24) is 14.7 Å². The van der Waals surface area contributed by atoms with E-state index in [0.717, 1.165) is 24.2 Å². The third kappa shape index (κ3) is 4.20. The minimum absolute atomic E-state index is 0.0751. The zero-order chi connectivity index (χ0) is 20.4. The van der Waals surface area contributed by atoms with Crippen molar-refractivity contribution in [1.29, 1.82) is 0 Å². The summed E-state index contributed by atoms with van der Waals surface area (Å²) in [6, 6.07) is 19.5. The molecule has 2 aromatic carbocycles. The molecule has 2 saturated heterocycles. The molecular formula is C24H29N3O2. The largest absolute Gasteiger partial charge is 0.339 e. The van der Waals surface area contributed by atoms with Crippen LogP contribution in [0.4, 0.5) is 0 Å². The molecule has 0 saturated carbocycles. The van der Waals surface area contributed by atoms with Crippen LogP contribution < -0.4 is 0 Å². The second kappa shape index (κ2) is 7.99. The van der Waals surface area contributed by atoms with E-state index in [2.05, 4.69) is 18.7 Å². The summed E-state index contributed by atoms with van der Waals surface area (Å²) >= 11 is 0. The highest BCUT2D eigenvalue weighted by Gasteiger charge is 2.44. The Balaban J connectivity index is 1.47. The van der Waals surface area contributed by atoms with Crippen LogP contribution in [0.15, 0.2) is 60.7 Å². The van der Waals surface area contributed by atoms with Crippen LogP contribution in [0, 0.1) is 0 Å². The fraction of sp³-hybridized carbons (Fsp3) is 0.417. The molecular weight excluding hydrogens is 362 g/mol. The predicted molar refractivity (Wildman–Crippen MR) is 114 cm³/mol. The normalized spacial score (nSPS) is 21.5. The number of carbonyl (C=O) groups is 2. The Bertz CT molecular complexity index is 866. The number of fused-ring (bicyclic) bond motifs is 1. The van der Waals surface area contributed by atoms with Crippen LogP contribution >= 0.6 is 0 Å². The van der Waals surface area contributed by atoms with Gasteiger partial charge in [0.1, 0.15) is 0 Å². The van der Waals surface area contributed by atoms with Crippen LogP contribution in [0.1, 0.15) is 29.8 Å². The molecule has 0 aliphatic carbocycles. The molecule has 0 aromatic heterocycles. The first kappa shape index (κ1) is 19.6. The van der Waals surface area contributed by atoms with Gasteiger partial charge < -0.3 is 9.80 Å². The van der Waals surface area contributed by atoms with Crippen molar-refractivity contribution in [2.75, 3.05) is 32.7 Å². The molecule has 4 rings (SSSR count). The Labute approximate surface area is 172 Å².